The lowest BCUT2D eigenvalue weighted by atomic mass is 10.0. The number of likely N-dealkylation sites (tertiary alicyclic amines) is 1. The molecule has 1 N–H and O–H groups in total. The van der Waals surface area contributed by atoms with Crippen molar-refractivity contribution >= 4 is 5.91 Å². The molecular weight excluding hydrogens is 294 g/mol. The first-order chi connectivity index (χ1) is 11.2. The van der Waals surface area contributed by atoms with Crippen LogP contribution in [0.25, 0.3) is 0 Å². The molecule has 0 radical (unpaired) electrons. The van der Waals surface area contributed by atoms with E-state index in [9.17, 15) is 9.90 Å². The van der Waals surface area contributed by atoms with Gasteiger partial charge in [-0.25, -0.2) is 4.98 Å². The second-order valence-corrected chi connectivity index (χ2v) is 5.61. The number of furan rings is 1. The Hall–Kier alpha value is -2.65. The van der Waals surface area contributed by atoms with Gasteiger partial charge in [0.2, 0.25) is 0 Å². The minimum atomic E-state index is -0.725. The largest absolute Gasteiger partial charge is 0.467 e. The molecule has 1 amide bonds. The van der Waals surface area contributed by atoms with Crippen molar-refractivity contribution in [1.82, 2.24) is 9.88 Å². The van der Waals surface area contributed by atoms with Crippen molar-refractivity contribution in [2.45, 2.75) is 31.4 Å². The molecule has 6 nitrogen and oxygen atoms in total. The minimum Gasteiger partial charge on any atom is -0.467 e. The van der Waals surface area contributed by atoms with Gasteiger partial charge in [0.1, 0.15) is 23.6 Å². The topological polar surface area (TPSA) is 90.4 Å². The Morgan fingerprint density at radius 3 is 3.04 bits per heavy atom. The Kier molecular flexibility index (Phi) is 4.40. The number of nitrogens with zero attached hydrogens (tertiary/aromatic N) is 3. The number of hydrogen-bond acceptors (Lipinski definition) is 5. The number of rotatable bonds is 4. The predicted molar refractivity (Wildman–Crippen MR) is 81.3 cm³/mol. The van der Waals surface area contributed by atoms with Crippen LogP contribution in [0.4, 0.5) is 0 Å². The molecule has 1 aliphatic heterocycles. The zero-order valence-electron chi connectivity index (χ0n) is 12.6. The maximum absolute atomic E-state index is 12.6. The number of carbonyl (C=O) groups excluding carboxylic acids is 1. The van der Waals surface area contributed by atoms with E-state index < -0.39 is 6.10 Å². The summed E-state index contributed by atoms with van der Waals surface area (Å²) in [6.45, 7) is 0.649. The molecule has 1 aliphatic rings. The summed E-state index contributed by atoms with van der Waals surface area (Å²) in [5.74, 6) is 0.351. The van der Waals surface area contributed by atoms with E-state index in [2.05, 4.69) is 4.98 Å². The van der Waals surface area contributed by atoms with Crippen LogP contribution in [0.5, 0.6) is 0 Å². The summed E-state index contributed by atoms with van der Waals surface area (Å²) >= 11 is 0. The van der Waals surface area contributed by atoms with E-state index in [0.717, 1.165) is 12.8 Å². The third-order valence-corrected chi connectivity index (χ3v) is 4.12. The Morgan fingerprint density at radius 2 is 2.39 bits per heavy atom. The number of aliphatic hydroxyl groups is 1. The summed E-state index contributed by atoms with van der Waals surface area (Å²) in [5, 5.41) is 19.0. The molecule has 2 atom stereocenters. The first kappa shape index (κ1) is 15.3. The average molecular weight is 311 g/mol. The van der Waals surface area contributed by atoms with E-state index in [1.807, 2.05) is 6.07 Å². The maximum Gasteiger partial charge on any atom is 0.272 e. The number of nitriles is 1. The number of aromatic nitrogens is 1. The number of aliphatic hydroxyl groups excluding tert-OH is 1. The zero-order valence-corrected chi connectivity index (χ0v) is 12.6. The van der Waals surface area contributed by atoms with Crippen molar-refractivity contribution in [3.8, 4) is 6.07 Å². The molecule has 0 saturated carbocycles. The molecule has 0 aliphatic carbocycles. The SMILES string of the molecule is N#Cc1ccc(C(=O)N2CCCC2CC(O)c2ccco2)nc1. The van der Waals surface area contributed by atoms with Crippen LogP contribution >= 0.6 is 0 Å². The van der Waals surface area contributed by atoms with E-state index in [1.54, 1.807) is 29.2 Å². The normalized spacial score (nSPS) is 18.6. The second-order valence-electron chi connectivity index (χ2n) is 5.61. The fourth-order valence-corrected chi connectivity index (χ4v) is 2.94. The molecule has 118 valence electrons. The molecule has 2 aromatic heterocycles. The fraction of sp³-hybridized carbons (Fsp3) is 0.353. The quantitative estimate of drug-likeness (QED) is 0.935. The number of carbonyl (C=O) groups is 1. The van der Waals surface area contributed by atoms with Gasteiger partial charge < -0.3 is 14.4 Å². The zero-order chi connectivity index (χ0) is 16.2. The molecule has 3 rings (SSSR count). The van der Waals surface area contributed by atoms with Crippen molar-refractivity contribution < 1.29 is 14.3 Å². The molecule has 0 spiro atoms. The van der Waals surface area contributed by atoms with Gasteiger partial charge in [0.15, 0.2) is 0 Å². The Labute approximate surface area is 134 Å². The van der Waals surface area contributed by atoms with Crippen LogP contribution in [0.2, 0.25) is 0 Å². The molecule has 1 saturated heterocycles. The fourth-order valence-electron chi connectivity index (χ4n) is 2.94. The van der Waals surface area contributed by atoms with E-state index in [1.165, 1.54) is 12.5 Å². The van der Waals surface area contributed by atoms with Crippen LogP contribution in [-0.4, -0.2) is 33.5 Å². The molecular formula is C17H17N3O3. The third kappa shape index (κ3) is 3.25. The lowest BCUT2D eigenvalue weighted by molar-refractivity contribution is 0.0636. The summed E-state index contributed by atoms with van der Waals surface area (Å²) in [5.41, 5.74) is 0.746. The summed E-state index contributed by atoms with van der Waals surface area (Å²) in [7, 11) is 0. The maximum atomic E-state index is 12.6. The standard InChI is InChI=1S/C17H17N3O3/c18-10-12-5-6-14(19-11-12)17(22)20-7-1-3-13(20)9-15(21)16-4-2-8-23-16/h2,4-6,8,11,13,15,21H,1,3,7,9H2. The Bertz CT molecular complexity index is 704. The molecule has 0 bridgehead atoms. The van der Waals surface area contributed by atoms with Crippen LogP contribution in [0, 0.1) is 11.3 Å². The van der Waals surface area contributed by atoms with Crippen molar-refractivity contribution in [2.24, 2.45) is 0 Å². The van der Waals surface area contributed by atoms with Crippen LogP contribution in [0.15, 0.2) is 41.1 Å². The van der Waals surface area contributed by atoms with E-state index in [-0.39, 0.29) is 11.9 Å². The summed E-state index contributed by atoms with van der Waals surface area (Å²) < 4.78 is 5.22. The van der Waals surface area contributed by atoms with Crippen LogP contribution in [0.1, 0.15) is 47.2 Å². The summed E-state index contributed by atoms with van der Waals surface area (Å²) in [6, 6.07) is 8.56. The summed E-state index contributed by atoms with van der Waals surface area (Å²) in [6.07, 6.45) is 4.39. The van der Waals surface area contributed by atoms with E-state index >= 15 is 0 Å². The first-order valence-corrected chi connectivity index (χ1v) is 7.57. The molecule has 0 aromatic carbocycles. The molecule has 3 heterocycles. The highest BCUT2D eigenvalue weighted by Crippen LogP contribution is 2.28. The molecule has 1 fully saturated rings. The first-order valence-electron chi connectivity index (χ1n) is 7.57. The lowest BCUT2D eigenvalue weighted by Crippen LogP contribution is -2.36. The highest BCUT2D eigenvalue weighted by Gasteiger charge is 2.32. The highest BCUT2D eigenvalue weighted by atomic mass is 16.4. The van der Waals surface area contributed by atoms with Crippen molar-refractivity contribution in [3.05, 3.63) is 53.7 Å². The molecule has 2 aromatic rings. The molecule has 23 heavy (non-hydrogen) atoms. The van der Waals surface area contributed by atoms with E-state index in [0.29, 0.717) is 30.0 Å². The van der Waals surface area contributed by atoms with Gasteiger partial charge in [-0.15, -0.1) is 0 Å². The van der Waals surface area contributed by atoms with Gasteiger partial charge in [0, 0.05) is 25.2 Å². The smallest absolute Gasteiger partial charge is 0.272 e. The second kappa shape index (κ2) is 6.63. The van der Waals surface area contributed by atoms with Gasteiger partial charge in [-0.2, -0.15) is 5.26 Å². The number of hydrogen-bond donors (Lipinski definition) is 1. The van der Waals surface area contributed by atoms with Crippen molar-refractivity contribution in [1.29, 1.82) is 5.26 Å². The van der Waals surface area contributed by atoms with Gasteiger partial charge in [0.05, 0.1) is 11.8 Å². The minimum absolute atomic E-state index is 0.0416. The lowest BCUT2D eigenvalue weighted by Gasteiger charge is -2.25. The Morgan fingerprint density at radius 1 is 1.52 bits per heavy atom. The van der Waals surface area contributed by atoms with Gasteiger partial charge >= 0.3 is 0 Å². The van der Waals surface area contributed by atoms with Gasteiger partial charge in [-0.05, 0) is 37.1 Å². The van der Waals surface area contributed by atoms with Crippen molar-refractivity contribution in [2.75, 3.05) is 6.54 Å². The average Bonchev–Trinajstić information content (AvgIpc) is 3.26. The van der Waals surface area contributed by atoms with Crippen LogP contribution < -0.4 is 0 Å². The highest BCUT2D eigenvalue weighted by molar-refractivity contribution is 5.92. The number of amides is 1. The predicted octanol–water partition coefficient (Wildman–Crippen LogP) is 2.27. The van der Waals surface area contributed by atoms with Gasteiger partial charge in [-0.3, -0.25) is 4.79 Å². The van der Waals surface area contributed by atoms with E-state index in [4.69, 9.17) is 9.68 Å². The van der Waals surface area contributed by atoms with Gasteiger partial charge in [0.25, 0.3) is 5.91 Å². The molecule has 6 heteroatoms. The molecule has 2 unspecified atom stereocenters. The van der Waals surface area contributed by atoms with Gasteiger partial charge in [-0.1, -0.05) is 0 Å². The van der Waals surface area contributed by atoms with Crippen molar-refractivity contribution in [3.63, 3.8) is 0 Å². The Balaban J connectivity index is 1.70. The monoisotopic (exact) mass is 311 g/mol. The third-order valence-electron chi connectivity index (χ3n) is 4.12. The van der Waals surface area contributed by atoms with Crippen LogP contribution in [-0.2, 0) is 0 Å². The van der Waals surface area contributed by atoms with Crippen LogP contribution in [0.3, 0.4) is 0 Å². The summed E-state index contributed by atoms with van der Waals surface area (Å²) in [4.78, 5) is 18.4. The number of pyridine rings is 1.